The third kappa shape index (κ3) is 2.33. The molecule has 132 valence electrons. The number of aliphatic hydroxyl groups is 1. The molecule has 26 heavy (non-hydrogen) atoms. The van der Waals surface area contributed by atoms with E-state index in [2.05, 4.69) is 60.8 Å². The van der Waals surface area contributed by atoms with Gasteiger partial charge in [0, 0.05) is 0 Å². The molecule has 0 heterocycles. The van der Waals surface area contributed by atoms with E-state index in [9.17, 15) is 5.11 Å². The van der Waals surface area contributed by atoms with Gasteiger partial charge in [0.15, 0.2) is 0 Å². The lowest BCUT2D eigenvalue weighted by Crippen LogP contribution is -2.36. The van der Waals surface area contributed by atoms with E-state index in [0.717, 1.165) is 25.8 Å². The predicted molar refractivity (Wildman–Crippen MR) is 110 cm³/mol. The Kier molecular flexibility index (Phi) is 3.84. The minimum absolute atomic E-state index is 0.0483. The van der Waals surface area contributed by atoms with E-state index >= 15 is 0 Å². The van der Waals surface area contributed by atoms with Crippen molar-refractivity contribution >= 4 is 32.3 Å². The van der Waals surface area contributed by atoms with Crippen LogP contribution >= 0.6 is 0 Å². The lowest BCUT2D eigenvalue weighted by Gasteiger charge is -2.33. The molecule has 1 aliphatic carbocycles. The number of fused-ring (bicyclic) bond motifs is 2. The maximum absolute atomic E-state index is 10.7. The summed E-state index contributed by atoms with van der Waals surface area (Å²) >= 11 is 0. The Morgan fingerprint density at radius 1 is 1.00 bits per heavy atom. The van der Waals surface area contributed by atoms with Crippen LogP contribution in [-0.2, 0) is 6.42 Å². The lowest BCUT2D eigenvalue weighted by atomic mass is 9.80. The maximum Gasteiger partial charge on any atom is 0.0738 e. The summed E-state index contributed by atoms with van der Waals surface area (Å²) in [7, 11) is 0. The van der Waals surface area contributed by atoms with Crippen LogP contribution in [-0.4, -0.2) is 17.8 Å². The molecule has 2 nitrogen and oxygen atoms in total. The average Bonchev–Trinajstić information content (AvgIpc) is 2.67. The molecular formula is C24H25NO. The molecule has 0 spiro atoms. The van der Waals surface area contributed by atoms with Crippen molar-refractivity contribution in [3.63, 3.8) is 0 Å². The normalized spacial score (nSPS) is 20.2. The van der Waals surface area contributed by atoms with Crippen LogP contribution in [0, 0.1) is 0 Å². The van der Waals surface area contributed by atoms with E-state index in [4.69, 9.17) is 0 Å². The third-order valence-electron chi connectivity index (χ3n) is 6.10. The van der Waals surface area contributed by atoms with E-state index in [-0.39, 0.29) is 12.1 Å². The summed E-state index contributed by atoms with van der Waals surface area (Å²) < 4.78 is 0. The third-order valence-corrected chi connectivity index (χ3v) is 6.10. The number of hydrogen-bond donors (Lipinski definition) is 2. The van der Waals surface area contributed by atoms with Crippen LogP contribution < -0.4 is 5.32 Å². The number of rotatable bonds is 4. The molecule has 2 atom stereocenters. The number of aryl methyl sites for hydroxylation is 1. The Bertz CT molecular complexity index is 1070. The highest BCUT2D eigenvalue weighted by Gasteiger charge is 2.29. The molecule has 0 bridgehead atoms. The number of nitrogens with one attached hydrogen (secondary N) is 1. The highest BCUT2D eigenvalue weighted by atomic mass is 16.3. The topological polar surface area (TPSA) is 32.3 Å². The monoisotopic (exact) mass is 343 g/mol. The standard InChI is InChI=1S/C24H25NO/c1-2-3-13-25-24-20-14-17-8-7-15-5-4-6-16-9-10-19(23(17)22(15)16)18(20)11-12-21(24)26/h4-10,14,21,24-26H,2-3,11-13H2,1H3/t21-,24-/m1/s1. The second kappa shape index (κ2) is 6.22. The molecule has 5 rings (SSSR count). The second-order valence-electron chi connectivity index (χ2n) is 7.69. The first-order chi connectivity index (χ1) is 12.8. The summed E-state index contributed by atoms with van der Waals surface area (Å²) in [4.78, 5) is 0. The fraction of sp³-hybridized carbons (Fsp3) is 0.333. The summed E-state index contributed by atoms with van der Waals surface area (Å²) in [6.45, 7) is 3.17. The van der Waals surface area contributed by atoms with Gasteiger partial charge in [-0.3, -0.25) is 0 Å². The zero-order valence-electron chi connectivity index (χ0n) is 15.3. The van der Waals surface area contributed by atoms with Gasteiger partial charge in [0.2, 0.25) is 0 Å². The first-order valence-corrected chi connectivity index (χ1v) is 9.88. The zero-order valence-corrected chi connectivity index (χ0v) is 15.3. The van der Waals surface area contributed by atoms with Gasteiger partial charge in [-0.2, -0.15) is 0 Å². The van der Waals surface area contributed by atoms with Gasteiger partial charge in [-0.25, -0.2) is 0 Å². The second-order valence-corrected chi connectivity index (χ2v) is 7.69. The maximum atomic E-state index is 10.7. The molecule has 2 N–H and O–H groups in total. The smallest absolute Gasteiger partial charge is 0.0738 e. The Labute approximate surface area is 154 Å². The molecule has 0 aliphatic heterocycles. The van der Waals surface area contributed by atoms with Crippen LogP contribution in [0.25, 0.3) is 32.3 Å². The zero-order chi connectivity index (χ0) is 17.7. The van der Waals surface area contributed by atoms with Crippen molar-refractivity contribution in [2.45, 2.75) is 44.8 Å². The van der Waals surface area contributed by atoms with Crippen LogP contribution in [0.4, 0.5) is 0 Å². The van der Waals surface area contributed by atoms with Crippen molar-refractivity contribution in [2.75, 3.05) is 6.54 Å². The molecule has 4 aromatic carbocycles. The Hall–Kier alpha value is -2.16. The van der Waals surface area contributed by atoms with E-state index in [1.54, 1.807) is 0 Å². The van der Waals surface area contributed by atoms with Crippen molar-refractivity contribution in [3.05, 3.63) is 59.7 Å². The summed E-state index contributed by atoms with van der Waals surface area (Å²) in [5, 5.41) is 22.3. The van der Waals surface area contributed by atoms with Crippen LogP contribution in [0.1, 0.15) is 43.4 Å². The van der Waals surface area contributed by atoms with E-state index in [1.807, 2.05) is 0 Å². The molecule has 0 unspecified atom stereocenters. The Morgan fingerprint density at radius 2 is 1.77 bits per heavy atom. The van der Waals surface area contributed by atoms with Crippen LogP contribution in [0.5, 0.6) is 0 Å². The molecule has 0 saturated carbocycles. The molecule has 2 heteroatoms. The van der Waals surface area contributed by atoms with E-state index < -0.39 is 0 Å². The Balaban J connectivity index is 1.76. The van der Waals surface area contributed by atoms with Gasteiger partial charge < -0.3 is 10.4 Å². The predicted octanol–water partition coefficient (Wildman–Crippen LogP) is 5.32. The molecule has 0 aromatic heterocycles. The molecule has 0 fully saturated rings. The van der Waals surface area contributed by atoms with Crippen molar-refractivity contribution in [2.24, 2.45) is 0 Å². The minimum Gasteiger partial charge on any atom is -0.391 e. The van der Waals surface area contributed by atoms with Crippen molar-refractivity contribution in [3.8, 4) is 0 Å². The number of hydrogen-bond acceptors (Lipinski definition) is 2. The quantitative estimate of drug-likeness (QED) is 0.388. The fourth-order valence-electron chi connectivity index (χ4n) is 4.79. The van der Waals surface area contributed by atoms with Gasteiger partial charge >= 0.3 is 0 Å². The lowest BCUT2D eigenvalue weighted by molar-refractivity contribution is 0.111. The SMILES string of the molecule is CCCCN[C@@H]1c2cc3ccc4cccc5ccc(c2CC[C@H]1O)c3c45. The first kappa shape index (κ1) is 16.0. The van der Waals surface area contributed by atoms with E-state index in [0.29, 0.717) is 0 Å². The highest BCUT2D eigenvalue weighted by molar-refractivity contribution is 6.23. The fourth-order valence-corrected chi connectivity index (χ4v) is 4.79. The van der Waals surface area contributed by atoms with Gasteiger partial charge in [0.05, 0.1) is 12.1 Å². The number of unbranched alkanes of at least 4 members (excludes halogenated alkanes) is 1. The van der Waals surface area contributed by atoms with Gasteiger partial charge in [-0.15, -0.1) is 0 Å². The van der Waals surface area contributed by atoms with Gasteiger partial charge in [-0.05, 0) is 75.3 Å². The van der Waals surface area contributed by atoms with Crippen LogP contribution in [0.15, 0.2) is 48.5 Å². The van der Waals surface area contributed by atoms with Gasteiger partial charge in [0.1, 0.15) is 0 Å². The van der Waals surface area contributed by atoms with E-state index in [1.165, 1.54) is 49.9 Å². The molecule has 1 aliphatic rings. The van der Waals surface area contributed by atoms with Crippen molar-refractivity contribution in [1.82, 2.24) is 5.32 Å². The minimum atomic E-state index is -0.299. The molecular weight excluding hydrogens is 318 g/mol. The average molecular weight is 343 g/mol. The molecule has 0 saturated heterocycles. The summed E-state index contributed by atoms with van der Waals surface area (Å²) in [6, 6.07) is 18.0. The molecule has 0 amide bonds. The van der Waals surface area contributed by atoms with Gasteiger partial charge in [-0.1, -0.05) is 55.8 Å². The number of aliphatic hydroxyl groups excluding tert-OH is 1. The van der Waals surface area contributed by atoms with Crippen molar-refractivity contribution in [1.29, 1.82) is 0 Å². The van der Waals surface area contributed by atoms with Crippen LogP contribution in [0.3, 0.4) is 0 Å². The van der Waals surface area contributed by atoms with Crippen LogP contribution in [0.2, 0.25) is 0 Å². The van der Waals surface area contributed by atoms with Gasteiger partial charge in [0.25, 0.3) is 0 Å². The molecule has 0 radical (unpaired) electrons. The number of benzene rings is 4. The molecule has 4 aromatic rings. The summed E-state index contributed by atoms with van der Waals surface area (Å²) in [5.41, 5.74) is 2.72. The summed E-state index contributed by atoms with van der Waals surface area (Å²) in [6.07, 6.45) is 3.81. The van der Waals surface area contributed by atoms with Crippen molar-refractivity contribution < 1.29 is 5.11 Å². The largest absolute Gasteiger partial charge is 0.391 e. The Morgan fingerprint density at radius 3 is 2.58 bits per heavy atom. The first-order valence-electron chi connectivity index (χ1n) is 9.88. The highest BCUT2D eigenvalue weighted by Crippen LogP contribution is 2.41. The summed E-state index contributed by atoms with van der Waals surface area (Å²) in [5.74, 6) is 0.